The van der Waals surface area contributed by atoms with Crippen LogP contribution < -0.4 is 26.6 Å². The lowest BCUT2D eigenvalue weighted by atomic mass is 9.95. The number of carbonyl (C=O) groups excluding carboxylic acids is 4. The molecule has 0 unspecified atom stereocenters. The van der Waals surface area contributed by atoms with Gasteiger partial charge in [0.2, 0.25) is 17.7 Å². The van der Waals surface area contributed by atoms with Crippen molar-refractivity contribution in [1.82, 2.24) is 25.8 Å². The third-order valence-electron chi connectivity index (χ3n) is 8.61. The monoisotopic (exact) mass is 695 g/mol. The molecule has 1 aliphatic heterocycles. The summed E-state index contributed by atoms with van der Waals surface area (Å²) >= 11 is 0. The van der Waals surface area contributed by atoms with Crippen LogP contribution in [0.5, 0.6) is 0 Å². The Morgan fingerprint density at radius 2 is 1.66 bits per heavy atom. The molecule has 274 valence electrons. The summed E-state index contributed by atoms with van der Waals surface area (Å²) in [5.74, 6) is -1.35. The summed E-state index contributed by atoms with van der Waals surface area (Å²) in [4.78, 5) is 60.3. The quantitative estimate of drug-likeness (QED) is 0.135. The Balaban J connectivity index is 1.87. The van der Waals surface area contributed by atoms with Gasteiger partial charge in [-0.25, -0.2) is 4.79 Å². The van der Waals surface area contributed by atoms with Crippen LogP contribution in [0.2, 0.25) is 0 Å². The molecule has 4 amide bonds. The van der Waals surface area contributed by atoms with Gasteiger partial charge < -0.3 is 41.5 Å². The molecule has 1 aliphatic rings. The fraction of sp³-hybridized carbons (Fsp3) is 0.528. The molecule has 50 heavy (non-hydrogen) atoms. The minimum atomic E-state index is -1.26. The van der Waals surface area contributed by atoms with Gasteiger partial charge in [0.05, 0.1) is 37.3 Å². The van der Waals surface area contributed by atoms with Crippen LogP contribution in [-0.2, 0) is 25.7 Å². The number of pyridine rings is 1. The Bertz CT molecular complexity index is 1420. The topological polar surface area (TPSA) is 199 Å². The fourth-order valence-electron chi connectivity index (χ4n) is 5.54. The smallest absolute Gasteiger partial charge is 0.408 e. The fourth-order valence-corrected chi connectivity index (χ4v) is 5.54. The van der Waals surface area contributed by atoms with Crippen molar-refractivity contribution in [2.24, 2.45) is 17.6 Å². The first-order valence-electron chi connectivity index (χ1n) is 17.1. The number of nitrogens with zero attached hydrogens (tertiary/aromatic N) is 3. The highest BCUT2D eigenvalue weighted by molar-refractivity contribution is 5.87. The van der Waals surface area contributed by atoms with Gasteiger partial charge in [0.25, 0.3) is 0 Å². The summed E-state index contributed by atoms with van der Waals surface area (Å²) in [5, 5.41) is 29.3. The molecule has 0 fully saturated rings. The number of aromatic nitrogens is 1. The van der Waals surface area contributed by atoms with E-state index in [-0.39, 0.29) is 50.5 Å². The van der Waals surface area contributed by atoms with Crippen molar-refractivity contribution >= 4 is 29.5 Å². The van der Waals surface area contributed by atoms with Gasteiger partial charge in [-0.3, -0.25) is 24.3 Å². The Labute approximate surface area is 294 Å². The number of aliphatic hydroxyl groups is 2. The number of ether oxygens (including phenoxy) is 1. The summed E-state index contributed by atoms with van der Waals surface area (Å²) in [5.41, 5.74) is 7.90. The highest BCUT2D eigenvalue weighted by Gasteiger charge is 2.34. The summed E-state index contributed by atoms with van der Waals surface area (Å²) < 4.78 is 5.45. The molecule has 1 aromatic carbocycles. The maximum atomic E-state index is 14.1. The molecule has 0 bridgehead atoms. The van der Waals surface area contributed by atoms with E-state index < -0.39 is 48.2 Å². The van der Waals surface area contributed by atoms with Crippen LogP contribution in [0.25, 0.3) is 0 Å². The lowest BCUT2D eigenvalue weighted by molar-refractivity contribution is -0.129. The Hall–Kier alpha value is -4.53. The maximum Gasteiger partial charge on any atom is 0.408 e. The van der Waals surface area contributed by atoms with E-state index in [1.165, 1.54) is 4.90 Å². The molecule has 14 heteroatoms. The maximum absolute atomic E-state index is 14.1. The van der Waals surface area contributed by atoms with Gasteiger partial charge in [-0.15, -0.1) is 0 Å². The van der Waals surface area contributed by atoms with E-state index in [0.29, 0.717) is 17.8 Å². The predicted octanol–water partition coefficient (Wildman–Crippen LogP) is 2.37. The van der Waals surface area contributed by atoms with Crippen molar-refractivity contribution in [2.75, 3.05) is 18.2 Å². The van der Waals surface area contributed by atoms with Crippen molar-refractivity contribution in [2.45, 2.75) is 97.2 Å². The summed E-state index contributed by atoms with van der Waals surface area (Å²) in [6.45, 7) is 9.16. The minimum Gasteiger partial charge on any atom is -0.445 e. The largest absolute Gasteiger partial charge is 0.445 e. The molecular formula is C36H53N7O7. The number of amides is 4. The number of hydrogen-bond acceptors (Lipinski definition) is 10. The van der Waals surface area contributed by atoms with Gasteiger partial charge in [-0.1, -0.05) is 64.4 Å². The zero-order valence-corrected chi connectivity index (χ0v) is 29.6. The van der Waals surface area contributed by atoms with E-state index in [4.69, 9.17) is 10.5 Å². The van der Waals surface area contributed by atoms with Gasteiger partial charge in [0.15, 0.2) is 0 Å². The predicted molar refractivity (Wildman–Crippen MR) is 189 cm³/mol. The van der Waals surface area contributed by atoms with Crippen LogP contribution in [-0.4, -0.2) is 87.5 Å². The number of alkyl carbamates (subject to hydrolysis) is 1. The van der Waals surface area contributed by atoms with Gasteiger partial charge in [-0.2, -0.15) is 0 Å². The minimum absolute atomic E-state index is 0.0247. The van der Waals surface area contributed by atoms with Gasteiger partial charge in [-0.05, 0) is 42.9 Å². The van der Waals surface area contributed by atoms with Gasteiger partial charge in [0.1, 0.15) is 19.3 Å². The van der Waals surface area contributed by atoms with E-state index in [0.717, 1.165) is 12.0 Å². The normalized spacial score (nSPS) is 16.5. The third-order valence-corrected chi connectivity index (χ3v) is 8.61. The average Bonchev–Trinajstić information content (AvgIpc) is 3.52. The molecule has 3 rings (SSSR count). The lowest BCUT2D eigenvalue weighted by Crippen LogP contribution is -2.54. The molecule has 2 aromatic rings. The standard InChI is InChI=1S/C36H53N7O7/c1-6-24(4)31(20-44)39-33(46)18-32(45)29(16-23(2)3)40-34(47)30(41-36(49)50-21-26-10-8-7-9-11-26)17-28-19-42(35(48)25(5)37)22-43(28)27-12-14-38-15-13-27/h7-15,19,23-25,29-32,44-45H,6,16-18,20-22,37H2,1-5H3,(H,39,46)(H,40,47)(H,41,49)/t24-,25-,29-,30-,31+,32-/m0/s1. The Kier molecular flexibility index (Phi) is 15.6. The van der Waals surface area contributed by atoms with E-state index in [1.807, 2.05) is 50.8 Å². The first kappa shape index (κ1) is 39.9. The summed E-state index contributed by atoms with van der Waals surface area (Å²) in [6, 6.07) is 9.30. The number of benzene rings is 1. The van der Waals surface area contributed by atoms with Crippen molar-refractivity contribution < 1.29 is 34.1 Å². The van der Waals surface area contributed by atoms with E-state index in [1.54, 1.807) is 49.8 Å². The molecule has 0 saturated heterocycles. The highest BCUT2D eigenvalue weighted by Crippen LogP contribution is 2.28. The molecule has 14 nitrogen and oxygen atoms in total. The number of hydrogen-bond donors (Lipinski definition) is 6. The molecule has 0 spiro atoms. The zero-order chi connectivity index (χ0) is 36.8. The lowest BCUT2D eigenvalue weighted by Gasteiger charge is -2.30. The molecule has 0 saturated carbocycles. The van der Waals surface area contributed by atoms with Crippen LogP contribution in [0.15, 0.2) is 66.8 Å². The Morgan fingerprint density at radius 1 is 0.980 bits per heavy atom. The number of nitrogens with two attached hydrogens (primary N) is 1. The highest BCUT2D eigenvalue weighted by atomic mass is 16.5. The Morgan fingerprint density at radius 3 is 2.26 bits per heavy atom. The number of rotatable bonds is 18. The molecule has 0 radical (unpaired) electrons. The molecule has 2 heterocycles. The zero-order valence-electron chi connectivity index (χ0n) is 29.6. The number of anilines is 1. The second kappa shape index (κ2) is 19.6. The van der Waals surface area contributed by atoms with E-state index >= 15 is 0 Å². The number of nitrogens with one attached hydrogen (secondary N) is 3. The van der Waals surface area contributed by atoms with Crippen LogP contribution in [0.1, 0.15) is 65.9 Å². The molecule has 7 N–H and O–H groups in total. The van der Waals surface area contributed by atoms with Gasteiger partial charge >= 0.3 is 6.09 Å². The van der Waals surface area contributed by atoms with Crippen LogP contribution in [0.3, 0.4) is 0 Å². The first-order chi connectivity index (χ1) is 23.8. The second-order valence-corrected chi connectivity index (χ2v) is 13.2. The third kappa shape index (κ3) is 12.1. The number of aliphatic hydroxyl groups excluding tert-OH is 2. The molecule has 6 atom stereocenters. The summed E-state index contributed by atoms with van der Waals surface area (Å²) in [6.07, 6.45) is 3.42. The van der Waals surface area contributed by atoms with Crippen molar-refractivity contribution in [3.8, 4) is 0 Å². The molecule has 1 aromatic heterocycles. The van der Waals surface area contributed by atoms with Crippen molar-refractivity contribution in [3.05, 3.63) is 72.3 Å². The summed E-state index contributed by atoms with van der Waals surface area (Å²) in [7, 11) is 0. The van der Waals surface area contributed by atoms with Crippen LogP contribution in [0, 0.1) is 11.8 Å². The molecular weight excluding hydrogens is 642 g/mol. The van der Waals surface area contributed by atoms with E-state index in [9.17, 15) is 29.4 Å². The van der Waals surface area contributed by atoms with Crippen LogP contribution in [0.4, 0.5) is 10.5 Å². The average molecular weight is 696 g/mol. The second-order valence-electron chi connectivity index (χ2n) is 13.2. The first-order valence-corrected chi connectivity index (χ1v) is 17.1. The van der Waals surface area contributed by atoms with Crippen LogP contribution >= 0.6 is 0 Å². The molecule has 0 aliphatic carbocycles. The van der Waals surface area contributed by atoms with Gasteiger partial charge in [0, 0.05) is 36.4 Å². The van der Waals surface area contributed by atoms with Crippen molar-refractivity contribution in [1.29, 1.82) is 0 Å². The van der Waals surface area contributed by atoms with Crippen molar-refractivity contribution in [3.63, 3.8) is 0 Å². The van der Waals surface area contributed by atoms with E-state index in [2.05, 4.69) is 20.9 Å². The SMILES string of the molecule is CC[C@H](C)[C@@H](CO)NC(=O)C[C@H](O)[C@H](CC(C)C)NC(=O)[C@H](CC1=CN(C(=O)[C@H](C)N)CN1c1ccncc1)NC(=O)OCc1ccccc1. The number of carbonyl (C=O) groups is 4.